The number of alkyl halides is 6. The second-order valence-electron chi connectivity index (χ2n) is 16.9. The summed E-state index contributed by atoms with van der Waals surface area (Å²) in [5.41, 5.74) is 3.59. The van der Waals surface area contributed by atoms with Gasteiger partial charge in [-0.05, 0) is 123 Å². The molecule has 4 aromatic carbocycles. The zero-order valence-corrected chi connectivity index (χ0v) is 38.0. The van der Waals surface area contributed by atoms with E-state index in [0.717, 1.165) is 66.8 Å². The lowest BCUT2D eigenvalue weighted by atomic mass is 10.1. The highest BCUT2D eigenvalue weighted by Gasteiger charge is 2.34. The third kappa shape index (κ3) is 10.8. The molecule has 2 aliphatic carbocycles. The molecule has 0 unspecified atom stereocenters. The molecule has 4 heterocycles. The van der Waals surface area contributed by atoms with Crippen LogP contribution in [0, 0.1) is 13.8 Å². The minimum absolute atomic E-state index is 0. The number of nitrogens with zero attached hydrogens (tertiary/aromatic N) is 10. The highest BCUT2D eigenvalue weighted by atomic mass is 35.5. The summed E-state index contributed by atoms with van der Waals surface area (Å²) in [6.07, 6.45) is -1.97. The fourth-order valence-electron chi connectivity index (χ4n) is 7.98. The van der Waals surface area contributed by atoms with Gasteiger partial charge in [-0.15, -0.1) is 10.2 Å². The van der Waals surface area contributed by atoms with Crippen molar-refractivity contribution in [3.63, 3.8) is 0 Å². The molecule has 0 aliphatic heterocycles. The lowest BCUT2D eigenvalue weighted by Crippen LogP contribution is -2.26. The van der Waals surface area contributed by atoms with Crippen molar-refractivity contribution in [3.05, 3.63) is 186 Å². The third-order valence-electron chi connectivity index (χ3n) is 11.9. The van der Waals surface area contributed by atoms with Crippen LogP contribution in [0.25, 0.3) is 22.8 Å². The van der Waals surface area contributed by atoms with Crippen molar-refractivity contribution in [3.8, 4) is 22.8 Å². The molecule has 2 saturated carbocycles. The second-order valence-corrected chi connectivity index (χ2v) is 17.8. The van der Waals surface area contributed by atoms with E-state index in [1.54, 1.807) is 74.2 Å². The van der Waals surface area contributed by atoms with Crippen molar-refractivity contribution in [2.45, 2.75) is 97.6 Å². The summed E-state index contributed by atoms with van der Waals surface area (Å²) in [6.45, 7) is 4.40. The Morgan fingerprint density at radius 2 is 1.01 bits per heavy atom. The Bertz CT molecular complexity index is 3230. The minimum Gasteiger partial charge on any atom is -0.330 e. The van der Waals surface area contributed by atoms with Crippen molar-refractivity contribution >= 4 is 23.2 Å². The van der Waals surface area contributed by atoms with Crippen LogP contribution in [0.5, 0.6) is 0 Å². The Balaban J connectivity index is 0.000000183. The van der Waals surface area contributed by atoms with Crippen LogP contribution in [0.1, 0.15) is 90.2 Å². The minimum atomic E-state index is -4.41. The molecule has 360 valence electrons. The van der Waals surface area contributed by atoms with Gasteiger partial charge < -0.3 is 9.13 Å². The lowest BCUT2D eigenvalue weighted by Gasteiger charge is -2.11. The van der Waals surface area contributed by atoms with E-state index < -0.39 is 23.5 Å². The number of hydrogen-bond donors (Lipinski definition) is 0. The number of benzene rings is 4. The van der Waals surface area contributed by atoms with Gasteiger partial charge in [-0.1, -0.05) is 54.9 Å². The van der Waals surface area contributed by atoms with Gasteiger partial charge in [0.05, 0.1) is 54.0 Å². The van der Waals surface area contributed by atoms with Crippen molar-refractivity contribution in [1.82, 2.24) is 47.8 Å². The first kappa shape index (κ1) is 48.8. The fraction of sp³-hybridized carbons (Fsp3) is 0.306. The standard InChI is InChI=1S/2C24H21ClF3N5O.CH4/c1-15-21(29-14-31(15)12-16-3-2-4-18(11-16)24(26,27)28)13-32-23(34)33(20-9-10-20)22(30-32)17-5-7-19(25)8-6-17;1-15-21(31(14-29-15)12-16-3-2-4-18(11-16)24(26,27)28)13-32-23(34)33(20-9-10-20)22(30-32)17-5-7-19(25)8-6-17;/h2*2-8,11,14,20H,9-10,12-13H2,1H3;1H4. The van der Waals surface area contributed by atoms with Gasteiger partial charge in [0.1, 0.15) is 0 Å². The van der Waals surface area contributed by atoms with Crippen LogP contribution in [-0.4, -0.2) is 47.8 Å². The Morgan fingerprint density at radius 3 is 1.46 bits per heavy atom. The van der Waals surface area contributed by atoms with Gasteiger partial charge in [0.25, 0.3) is 0 Å². The first-order chi connectivity index (χ1) is 32.4. The monoisotopic (exact) mass is 990 g/mol. The van der Waals surface area contributed by atoms with Gasteiger partial charge in [-0.25, -0.2) is 28.9 Å². The van der Waals surface area contributed by atoms with E-state index in [9.17, 15) is 35.9 Å². The topological polar surface area (TPSA) is 115 Å². The number of imidazole rings is 2. The Labute approximate surface area is 402 Å². The van der Waals surface area contributed by atoms with Gasteiger partial charge in [0, 0.05) is 52.0 Å². The van der Waals surface area contributed by atoms with E-state index in [0.29, 0.717) is 49.9 Å². The Hall–Kier alpha value is -6.66. The summed E-state index contributed by atoms with van der Waals surface area (Å²) >= 11 is 12.0. The van der Waals surface area contributed by atoms with Crippen molar-refractivity contribution in [1.29, 1.82) is 0 Å². The number of halogens is 8. The van der Waals surface area contributed by atoms with Crippen LogP contribution in [0.2, 0.25) is 10.0 Å². The first-order valence-corrected chi connectivity index (χ1v) is 22.4. The summed E-state index contributed by atoms with van der Waals surface area (Å²) in [4.78, 5) is 35.2. The summed E-state index contributed by atoms with van der Waals surface area (Å²) in [6, 6.07) is 25.1. The van der Waals surface area contributed by atoms with E-state index in [1.807, 2.05) is 31.2 Å². The molecule has 20 heteroatoms. The maximum Gasteiger partial charge on any atom is 0.416 e. The van der Waals surface area contributed by atoms with Crippen LogP contribution in [0.4, 0.5) is 26.3 Å². The molecular weight excluding hydrogens is 946 g/mol. The molecule has 0 bridgehead atoms. The average Bonchev–Trinajstić information content (AvgIpc) is 4.22. The maximum atomic E-state index is 13.3. The maximum absolute atomic E-state index is 13.3. The normalized spacial score (nSPS) is 13.8. The molecule has 8 aromatic rings. The van der Waals surface area contributed by atoms with E-state index in [1.165, 1.54) is 21.5 Å². The smallest absolute Gasteiger partial charge is 0.330 e. The van der Waals surface area contributed by atoms with E-state index in [4.69, 9.17) is 23.2 Å². The van der Waals surface area contributed by atoms with Crippen molar-refractivity contribution in [2.75, 3.05) is 0 Å². The van der Waals surface area contributed by atoms with Crippen molar-refractivity contribution < 1.29 is 26.3 Å². The average molecular weight is 992 g/mol. The SMILES string of the molecule is C.Cc1c(Cn2nc(-c3ccc(Cl)cc3)n(C3CC3)c2=O)ncn1Cc1cccc(C(F)(F)F)c1.Cc1ncn(Cc2cccc(C(F)(F)F)c2)c1Cn1nc(-c2ccc(Cl)cc2)n(C2CC2)c1=O. The molecule has 0 saturated heterocycles. The molecule has 12 nitrogen and oxygen atoms in total. The fourth-order valence-corrected chi connectivity index (χ4v) is 8.23. The summed E-state index contributed by atoms with van der Waals surface area (Å²) < 4.78 is 88.2. The van der Waals surface area contributed by atoms with Gasteiger partial charge in [0.2, 0.25) is 0 Å². The van der Waals surface area contributed by atoms with E-state index >= 15 is 0 Å². The van der Waals surface area contributed by atoms with E-state index in [2.05, 4.69) is 20.2 Å². The van der Waals surface area contributed by atoms with Gasteiger partial charge >= 0.3 is 23.7 Å². The van der Waals surface area contributed by atoms with Crippen molar-refractivity contribution in [2.24, 2.45) is 0 Å². The summed E-state index contributed by atoms with van der Waals surface area (Å²) in [7, 11) is 0. The summed E-state index contributed by atoms with van der Waals surface area (Å²) in [5, 5.41) is 10.4. The highest BCUT2D eigenvalue weighted by molar-refractivity contribution is 6.30. The third-order valence-corrected chi connectivity index (χ3v) is 12.4. The molecule has 0 spiro atoms. The molecule has 10 rings (SSSR count). The molecule has 69 heavy (non-hydrogen) atoms. The molecule has 2 aliphatic rings. The van der Waals surface area contributed by atoms with Gasteiger partial charge in [-0.3, -0.25) is 9.13 Å². The second kappa shape index (κ2) is 19.4. The zero-order valence-electron chi connectivity index (χ0n) is 36.5. The van der Waals surface area contributed by atoms with Gasteiger partial charge in [-0.2, -0.15) is 26.3 Å². The molecule has 0 N–H and O–H groups in total. The largest absolute Gasteiger partial charge is 0.416 e. The number of aryl methyl sites for hydroxylation is 1. The number of aromatic nitrogens is 10. The number of rotatable bonds is 12. The lowest BCUT2D eigenvalue weighted by molar-refractivity contribution is -0.138. The predicted molar refractivity (Wildman–Crippen MR) is 250 cm³/mol. The molecule has 0 atom stereocenters. The predicted octanol–water partition coefficient (Wildman–Crippen LogP) is 11.3. The van der Waals surface area contributed by atoms with Crippen LogP contribution in [-0.2, 0) is 38.5 Å². The quantitative estimate of drug-likeness (QED) is 0.113. The van der Waals surface area contributed by atoms with Crippen LogP contribution < -0.4 is 11.4 Å². The molecule has 0 amide bonds. The molecule has 0 radical (unpaired) electrons. The highest BCUT2D eigenvalue weighted by Crippen LogP contribution is 2.38. The summed E-state index contributed by atoms with van der Waals surface area (Å²) in [5.74, 6) is 1.16. The Kier molecular flexibility index (Phi) is 13.7. The van der Waals surface area contributed by atoms with Crippen LogP contribution in [0.3, 0.4) is 0 Å². The Morgan fingerprint density at radius 1 is 0.580 bits per heavy atom. The van der Waals surface area contributed by atoms with Gasteiger partial charge in [0.15, 0.2) is 11.6 Å². The first-order valence-electron chi connectivity index (χ1n) is 21.7. The molecule has 2 fully saturated rings. The zero-order chi connectivity index (χ0) is 48.1. The molecule has 4 aromatic heterocycles. The van der Waals surface area contributed by atoms with E-state index in [-0.39, 0.29) is 57.1 Å². The van der Waals surface area contributed by atoms with Crippen LogP contribution >= 0.6 is 23.2 Å². The van der Waals surface area contributed by atoms with Crippen LogP contribution in [0.15, 0.2) is 119 Å². The number of hydrogen-bond acceptors (Lipinski definition) is 6. The molecular formula is C49H46Cl2F6N10O2.